The third-order valence-corrected chi connectivity index (χ3v) is 8.67. The lowest BCUT2D eigenvalue weighted by Crippen LogP contribution is -2.35. The van der Waals surface area contributed by atoms with Gasteiger partial charge in [0, 0.05) is 12.5 Å². The largest absolute Gasteiger partial charge is 0.508 e. The molecule has 2 aromatic carbocycles. The normalized spacial score (nSPS) is 24.5. The van der Waals surface area contributed by atoms with Crippen LogP contribution in [0.15, 0.2) is 65.3 Å². The molecule has 0 spiro atoms. The van der Waals surface area contributed by atoms with Crippen LogP contribution in [-0.2, 0) is 14.3 Å². The lowest BCUT2D eigenvalue weighted by Gasteiger charge is -2.32. The van der Waals surface area contributed by atoms with E-state index in [2.05, 4.69) is 13.0 Å². The molecule has 4 atom stereocenters. The molecule has 0 aromatic heterocycles. The fourth-order valence-corrected chi connectivity index (χ4v) is 6.79. The van der Waals surface area contributed by atoms with Gasteiger partial charge < -0.3 is 14.6 Å². The van der Waals surface area contributed by atoms with E-state index in [4.69, 9.17) is 21.1 Å². The quantitative estimate of drug-likeness (QED) is 0.240. The fourth-order valence-electron chi connectivity index (χ4n) is 6.56. The Hall–Kier alpha value is -3.09. The molecule has 2 aliphatic heterocycles. The monoisotopic (exact) mass is 563 g/mol. The standard InChI is InChI=1S/C33H38ClNO5/c1-3-8-21(16-22-12-13-24(36)18-28(22)34)11-14-29-30-23(19-39-25-9-6-5-7-10-25)17-26-31(27(30)20-40-29)33(38)35(15-4-2)32(26)37/h5-7,9-10,12-13,16,18,26-27,29,31,36H,3-4,8,11,14-15,17,19-20H2,1-2H3/b21-16+/t26-,27+,29-,31-/m1/s1. The summed E-state index contributed by atoms with van der Waals surface area (Å²) < 4.78 is 12.6. The average Bonchev–Trinajstić information content (AvgIpc) is 3.47. The Morgan fingerprint density at radius 3 is 2.60 bits per heavy atom. The number of allylic oxidation sites excluding steroid dienone is 1. The van der Waals surface area contributed by atoms with Crippen molar-refractivity contribution in [2.45, 2.75) is 58.5 Å². The Labute approximate surface area is 241 Å². The number of likely N-dealkylation sites (tertiary alicyclic amines) is 1. The number of amides is 2. The van der Waals surface area contributed by atoms with Gasteiger partial charge in [-0.15, -0.1) is 0 Å². The minimum absolute atomic E-state index is 0.0415. The van der Waals surface area contributed by atoms with Crippen molar-refractivity contribution >= 4 is 29.5 Å². The van der Waals surface area contributed by atoms with E-state index in [1.165, 1.54) is 10.5 Å². The first-order valence-corrected chi connectivity index (χ1v) is 14.8. The summed E-state index contributed by atoms with van der Waals surface area (Å²) in [6.45, 7) is 5.45. The van der Waals surface area contributed by atoms with Crippen LogP contribution in [0.25, 0.3) is 6.08 Å². The Morgan fingerprint density at radius 1 is 1.07 bits per heavy atom. The Balaban J connectivity index is 1.41. The molecule has 0 saturated carbocycles. The van der Waals surface area contributed by atoms with Gasteiger partial charge in [-0.2, -0.15) is 0 Å². The third-order valence-electron chi connectivity index (χ3n) is 8.35. The molecule has 0 unspecified atom stereocenters. The zero-order valence-corrected chi connectivity index (χ0v) is 24.0. The van der Waals surface area contributed by atoms with E-state index >= 15 is 0 Å². The highest BCUT2D eigenvalue weighted by Gasteiger charge is 2.56. The van der Waals surface area contributed by atoms with Crippen molar-refractivity contribution in [1.29, 1.82) is 0 Å². The smallest absolute Gasteiger partial charge is 0.233 e. The van der Waals surface area contributed by atoms with E-state index in [0.29, 0.717) is 31.2 Å². The Kier molecular flexibility index (Phi) is 8.97. The summed E-state index contributed by atoms with van der Waals surface area (Å²) in [5, 5.41) is 10.3. The van der Waals surface area contributed by atoms with E-state index < -0.39 is 0 Å². The van der Waals surface area contributed by atoms with Crippen molar-refractivity contribution in [3.05, 3.63) is 75.8 Å². The summed E-state index contributed by atoms with van der Waals surface area (Å²) in [4.78, 5) is 28.2. The number of imide groups is 1. The summed E-state index contributed by atoms with van der Waals surface area (Å²) in [5.74, 6) is 0.0647. The fraction of sp³-hybridized carbons (Fsp3) is 0.455. The zero-order chi connectivity index (χ0) is 28.2. The van der Waals surface area contributed by atoms with Crippen molar-refractivity contribution < 1.29 is 24.2 Å². The van der Waals surface area contributed by atoms with Gasteiger partial charge in [-0.1, -0.05) is 61.7 Å². The number of rotatable bonds is 11. The van der Waals surface area contributed by atoms with E-state index in [-0.39, 0.29) is 41.4 Å². The van der Waals surface area contributed by atoms with Crippen molar-refractivity contribution in [2.75, 3.05) is 19.8 Å². The Bertz CT molecular complexity index is 1300. The number of nitrogens with zero attached hydrogens (tertiary/aromatic N) is 1. The van der Waals surface area contributed by atoms with Crippen molar-refractivity contribution in [2.24, 2.45) is 17.8 Å². The number of benzene rings is 2. The third kappa shape index (κ3) is 5.84. The van der Waals surface area contributed by atoms with Crippen LogP contribution in [0.3, 0.4) is 0 Å². The topological polar surface area (TPSA) is 76.1 Å². The van der Waals surface area contributed by atoms with Gasteiger partial charge in [0.15, 0.2) is 0 Å². The second kappa shape index (κ2) is 12.6. The second-order valence-electron chi connectivity index (χ2n) is 11.1. The first-order valence-electron chi connectivity index (χ1n) is 14.5. The highest BCUT2D eigenvalue weighted by atomic mass is 35.5. The van der Waals surface area contributed by atoms with E-state index in [1.54, 1.807) is 12.1 Å². The second-order valence-corrected chi connectivity index (χ2v) is 11.5. The number of carbonyl (C=O) groups excluding carboxylic acids is 2. The molecule has 1 N–H and O–H groups in total. The highest BCUT2D eigenvalue weighted by Crippen LogP contribution is 2.50. The number of phenolic OH excluding ortho intramolecular Hbond substituents is 1. The number of fused-ring (bicyclic) bond motifs is 3. The van der Waals surface area contributed by atoms with Crippen LogP contribution in [0.1, 0.15) is 57.9 Å². The van der Waals surface area contributed by atoms with Gasteiger partial charge in [-0.05, 0) is 79.1 Å². The van der Waals surface area contributed by atoms with Crippen LogP contribution in [0.4, 0.5) is 0 Å². The van der Waals surface area contributed by atoms with Crippen LogP contribution in [-0.4, -0.2) is 47.7 Å². The van der Waals surface area contributed by atoms with Crippen LogP contribution in [0, 0.1) is 17.8 Å². The van der Waals surface area contributed by atoms with Crippen molar-refractivity contribution in [3.63, 3.8) is 0 Å². The van der Waals surface area contributed by atoms with E-state index in [0.717, 1.165) is 54.6 Å². The van der Waals surface area contributed by atoms with Gasteiger partial charge in [0.25, 0.3) is 0 Å². The molecule has 2 fully saturated rings. The summed E-state index contributed by atoms with van der Waals surface area (Å²) in [6, 6.07) is 14.7. The molecule has 6 nitrogen and oxygen atoms in total. The first kappa shape index (κ1) is 28.4. The van der Waals surface area contributed by atoms with Crippen LogP contribution < -0.4 is 4.74 Å². The van der Waals surface area contributed by atoms with Crippen molar-refractivity contribution in [3.8, 4) is 11.5 Å². The highest BCUT2D eigenvalue weighted by molar-refractivity contribution is 6.32. The molecule has 2 amide bonds. The molecule has 2 saturated heterocycles. The minimum atomic E-state index is -0.346. The van der Waals surface area contributed by atoms with Crippen molar-refractivity contribution in [1.82, 2.24) is 4.90 Å². The minimum Gasteiger partial charge on any atom is -0.508 e. The van der Waals surface area contributed by atoms with E-state index in [1.807, 2.05) is 43.3 Å². The van der Waals surface area contributed by atoms with Gasteiger partial charge in [0.1, 0.15) is 18.1 Å². The maximum Gasteiger partial charge on any atom is 0.233 e. The van der Waals surface area contributed by atoms with Gasteiger partial charge in [-0.25, -0.2) is 0 Å². The maximum absolute atomic E-state index is 13.4. The van der Waals surface area contributed by atoms with Gasteiger partial charge in [0.2, 0.25) is 11.8 Å². The van der Waals surface area contributed by atoms with Crippen LogP contribution in [0.2, 0.25) is 5.02 Å². The maximum atomic E-state index is 13.4. The number of ether oxygens (including phenoxy) is 2. The molecule has 2 heterocycles. The van der Waals surface area contributed by atoms with Crippen LogP contribution >= 0.6 is 11.6 Å². The number of aromatic hydroxyl groups is 1. The SMILES string of the molecule is CCC/C(=C\c1ccc(O)cc1Cl)CC[C@H]1OC[C@H]2C1=C(COc1ccccc1)C[C@H]1C(=O)N(CCC)C(=O)[C@H]12. The lowest BCUT2D eigenvalue weighted by molar-refractivity contribution is -0.140. The molecule has 7 heteroatoms. The number of halogens is 1. The molecule has 0 radical (unpaired) electrons. The summed E-state index contributed by atoms with van der Waals surface area (Å²) in [7, 11) is 0. The average molecular weight is 564 g/mol. The number of hydrogen-bond acceptors (Lipinski definition) is 5. The van der Waals surface area contributed by atoms with Gasteiger partial charge >= 0.3 is 0 Å². The molecule has 1 aliphatic carbocycles. The molecule has 3 aliphatic rings. The molecule has 2 aromatic rings. The molecular formula is C33H38ClNO5. The molecule has 0 bridgehead atoms. The number of carbonyl (C=O) groups is 2. The number of hydrogen-bond donors (Lipinski definition) is 1. The summed E-state index contributed by atoms with van der Waals surface area (Å²) in [6.07, 6.45) is 6.81. The molecule has 5 rings (SSSR count). The Morgan fingerprint density at radius 2 is 1.88 bits per heavy atom. The lowest BCUT2D eigenvalue weighted by atomic mass is 9.69. The predicted octanol–water partition coefficient (Wildman–Crippen LogP) is 6.81. The molecule has 212 valence electrons. The first-order chi connectivity index (χ1) is 19.4. The summed E-state index contributed by atoms with van der Waals surface area (Å²) in [5.41, 5.74) is 4.41. The van der Waals surface area contributed by atoms with Gasteiger partial charge in [0.05, 0.1) is 29.6 Å². The number of phenols is 1. The molecule has 40 heavy (non-hydrogen) atoms. The molecular weight excluding hydrogens is 526 g/mol. The summed E-state index contributed by atoms with van der Waals surface area (Å²) >= 11 is 6.39. The van der Waals surface area contributed by atoms with Gasteiger partial charge in [-0.3, -0.25) is 14.5 Å². The van der Waals surface area contributed by atoms with E-state index in [9.17, 15) is 14.7 Å². The zero-order valence-electron chi connectivity index (χ0n) is 23.3. The van der Waals surface area contributed by atoms with Crippen LogP contribution in [0.5, 0.6) is 11.5 Å². The number of para-hydroxylation sites is 1. The predicted molar refractivity (Wildman–Crippen MR) is 156 cm³/mol.